The topological polar surface area (TPSA) is 100 Å². The second-order valence-electron chi connectivity index (χ2n) is 7.15. The lowest BCUT2D eigenvalue weighted by Gasteiger charge is -2.26. The third kappa shape index (κ3) is 7.23. The van der Waals surface area contributed by atoms with E-state index in [4.69, 9.17) is 9.47 Å². The molecule has 10 heteroatoms. The van der Waals surface area contributed by atoms with Gasteiger partial charge in [-0.25, -0.2) is 13.2 Å². The van der Waals surface area contributed by atoms with Crippen LogP contribution in [0.1, 0.15) is 11.1 Å². The molecule has 2 fully saturated rings. The van der Waals surface area contributed by atoms with Crippen molar-refractivity contribution >= 4 is 16.1 Å². The zero-order valence-corrected chi connectivity index (χ0v) is 17.5. The molecule has 2 aliphatic heterocycles. The molecule has 2 aliphatic rings. The van der Waals surface area contributed by atoms with Crippen molar-refractivity contribution in [2.45, 2.75) is 13.1 Å². The van der Waals surface area contributed by atoms with E-state index in [9.17, 15) is 13.2 Å². The van der Waals surface area contributed by atoms with Crippen molar-refractivity contribution < 1.29 is 22.7 Å². The summed E-state index contributed by atoms with van der Waals surface area (Å²) in [5, 5.41) is 5.40. The van der Waals surface area contributed by atoms with Gasteiger partial charge >= 0.3 is 6.03 Å². The first-order chi connectivity index (χ1) is 14.0. The molecule has 29 heavy (non-hydrogen) atoms. The molecular formula is C19H30N4O5S. The first kappa shape index (κ1) is 22.0. The molecule has 1 aromatic rings. The van der Waals surface area contributed by atoms with E-state index in [-0.39, 0.29) is 18.3 Å². The van der Waals surface area contributed by atoms with Gasteiger partial charge in [-0.3, -0.25) is 4.90 Å². The van der Waals surface area contributed by atoms with E-state index in [1.807, 2.05) is 12.1 Å². The molecule has 2 amide bonds. The maximum atomic E-state index is 12.2. The first-order valence-corrected chi connectivity index (χ1v) is 11.6. The minimum Gasteiger partial charge on any atom is -0.379 e. The molecule has 1 aromatic carbocycles. The van der Waals surface area contributed by atoms with Gasteiger partial charge in [-0.2, -0.15) is 4.31 Å². The van der Waals surface area contributed by atoms with Gasteiger partial charge in [-0.1, -0.05) is 24.3 Å². The Hall–Kier alpha value is -1.72. The van der Waals surface area contributed by atoms with Gasteiger partial charge in [-0.05, 0) is 11.1 Å². The Bertz CT molecular complexity index is 762. The number of rotatable bonds is 8. The summed E-state index contributed by atoms with van der Waals surface area (Å²) in [4.78, 5) is 14.4. The van der Waals surface area contributed by atoms with Crippen LogP contribution in [-0.4, -0.2) is 88.6 Å². The molecule has 9 nitrogen and oxygen atoms in total. The molecule has 0 aromatic heterocycles. The lowest BCUT2D eigenvalue weighted by atomic mass is 10.1. The summed E-state index contributed by atoms with van der Waals surface area (Å²) < 4.78 is 36.4. The monoisotopic (exact) mass is 426 g/mol. The van der Waals surface area contributed by atoms with Crippen LogP contribution in [0.5, 0.6) is 0 Å². The third-order valence-corrected chi connectivity index (χ3v) is 6.84. The van der Waals surface area contributed by atoms with Crippen molar-refractivity contribution in [3.63, 3.8) is 0 Å². The highest BCUT2D eigenvalue weighted by Gasteiger charge is 2.23. The SMILES string of the molecule is O=C(NCCS(=O)(=O)N1CCOCC1)NCc1cccc(CN2CCOCC2)c1. The normalized spacial score (nSPS) is 19.0. The number of benzene rings is 1. The van der Waals surface area contributed by atoms with Crippen molar-refractivity contribution in [3.05, 3.63) is 35.4 Å². The highest BCUT2D eigenvalue weighted by Crippen LogP contribution is 2.10. The molecule has 2 heterocycles. The van der Waals surface area contributed by atoms with E-state index in [2.05, 4.69) is 27.7 Å². The van der Waals surface area contributed by atoms with Gasteiger partial charge in [0.1, 0.15) is 0 Å². The molecule has 0 spiro atoms. The van der Waals surface area contributed by atoms with Crippen LogP contribution in [0, 0.1) is 0 Å². The minimum atomic E-state index is -3.37. The Morgan fingerprint density at radius 2 is 1.62 bits per heavy atom. The zero-order valence-electron chi connectivity index (χ0n) is 16.6. The van der Waals surface area contributed by atoms with Gasteiger partial charge in [0.05, 0.1) is 32.2 Å². The number of nitrogens with zero attached hydrogens (tertiary/aromatic N) is 2. The molecule has 2 N–H and O–H groups in total. The number of ether oxygens (including phenoxy) is 2. The molecule has 3 rings (SSSR count). The third-order valence-electron chi connectivity index (χ3n) is 4.96. The van der Waals surface area contributed by atoms with E-state index in [0.717, 1.165) is 38.4 Å². The Labute approximate surface area is 172 Å². The second-order valence-corrected chi connectivity index (χ2v) is 9.23. The molecule has 0 unspecified atom stereocenters. The van der Waals surface area contributed by atoms with Crippen LogP contribution in [0.2, 0.25) is 0 Å². The van der Waals surface area contributed by atoms with Crippen LogP contribution >= 0.6 is 0 Å². The van der Waals surface area contributed by atoms with Gasteiger partial charge in [0, 0.05) is 45.8 Å². The van der Waals surface area contributed by atoms with Crippen LogP contribution in [0.3, 0.4) is 0 Å². The van der Waals surface area contributed by atoms with Crippen LogP contribution in [0.25, 0.3) is 0 Å². The van der Waals surface area contributed by atoms with Gasteiger partial charge in [0.15, 0.2) is 0 Å². The summed E-state index contributed by atoms with van der Waals surface area (Å²) in [5.41, 5.74) is 2.20. The molecule has 2 saturated heterocycles. The van der Waals surface area contributed by atoms with Gasteiger partial charge in [0.25, 0.3) is 0 Å². The molecule has 0 aliphatic carbocycles. The highest BCUT2D eigenvalue weighted by molar-refractivity contribution is 7.89. The van der Waals surface area contributed by atoms with Crippen LogP contribution in [-0.2, 0) is 32.6 Å². The number of hydrogen-bond donors (Lipinski definition) is 2. The number of carbonyl (C=O) groups is 1. The number of carbonyl (C=O) groups excluding carboxylic acids is 1. The number of hydrogen-bond acceptors (Lipinski definition) is 6. The van der Waals surface area contributed by atoms with E-state index in [0.29, 0.717) is 32.8 Å². The number of sulfonamides is 1. The maximum Gasteiger partial charge on any atom is 0.315 e. The zero-order chi connectivity index (χ0) is 20.5. The lowest BCUT2D eigenvalue weighted by molar-refractivity contribution is 0.0342. The molecule has 0 bridgehead atoms. The average Bonchev–Trinajstić information content (AvgIpc) is 2.74. The summed E-state index contributed by atoms with van der Waals surface area (Å²) >= 11 is 0. The predicted molar refractivity (Wildman–Crippen MR) is 109 cm³/mol. The van der Waals surface area contributed by atoms with Crippen LogP contribution in [0.4, 0.5) is 4.79 Å². The Kier molecular flexibility index (Phi) is 8.25. The van der Waals surface area contributed by atoms with Gasteiger partial charge in [-0.15, -0.1) is 0 Å². The van der Waals surface area contributed by atoms with Gasteiger partial charge in [0.2, 0.25) is 10.0 Å². The first-order valence-electron chi connectivity index (χ1n) is 9.98. The van der Waals surface area contributed by atoms with Crippen molar-refractivity contribution in [3.8, 4) is 0 Å². The minimum absolute atomic E-state index is 0.0720. The Balaban J connectivity index is 1.38. The van der Waals surface area contributed by atoms with Crippen molar-refractivity contribution in [2.75, 3.05) is 64.9 Å². The predicted octanol–water partition coefficient (Wildman–Crippen LogP) is -0.0200. The van der Waals surface area contributed by atoms with Crippen LogP contribution in [0.15, 0.2) is 24.3 Å². The van der Waals surface area contributed by atoms with Crippen molar-refractivity contribution in [1.29, 1.82) is 0 Å². The summed E-state index contributed by atoms with van der Waals surface area (Å²) in [6.45, 7) is 6.28. The van der Waals surface area contributed by atoms with E-state index in [1.165, 1.54) is 9.87 Å². The number of morpholine rings is 2. The average molecular weight is 427 g/mol. The number of urea groups is 1. The fourth-order valence-corrected chi connectivity index (χ4v) is 4.67. The second kappa shape index (κ2) is 10.9. The van der Waals surface area contributed by atoms with Crippen molar-refractivity contribution in [2.24, 2.45) is 0 Å². The largest absolute Gasteiger partial charge is 0.379 e. The number of nitrogens with one attached hydrogen (secondary N) is 2. The molecular weight excluding hydrogens is 396 g/mol. The summed E-state index contributed by atoms with van der Waals surface area (Å²) in [6.07, 6.45) is 0. The van der Waals surface area contributed by atoms with E-state index in [1.54, 1.807) is 0 Å². The van der Waals surface area contributed by atoms with Gasteiger partial charge < -0.3 is 20.1 Å². The standard InChI is InChI=1S/C19H30N4O5S/c24-19(20-4-13-29(25,26)23-7-11-28-12-8-23)21-15-17-2-1-3-18(14-17)16-22-5-9-27-10-6-22/h1-3,14H,4-13,15-16H2,(H2,20,21,24). The highest BCUT2D eigenvalue weighted by atomic mass is 32.2. The fraction of sp³-hybridized carbons (Fsp3) is 0.632. The number of amides is 2. The van der Waals surface area contributed by atoms with Crippen molar-refractivity contribution in [1.82, 2.24) is 19.8 Å². The van der Waals surface area contributed by atoms with Crippen LogP contribution < -0.4 is 10.6 Å². The summed E-state index contributed by atoms with van der Waals surface area (Å²) in [7, 11) is -3.37. The maximum absolute atomic E-state index is 12.2. The smallest absolute Gasteiger partial charge is 0.315 e. The lowest BCUT2D eigenvalue weighted by Crippen LogP contribution is -2.44. The molecule has 162 valence electrons. The molecule has 0 saturated carbocycles. The Morgan fingerprint density at radius 1 is 0.966 bits per heavy atom. The van der Waals surface area contributed by atoms with E-state index >= 15 is 0 Å². The Morgan fingerprint density at radius 3 is 2.34 bits per heavy atom. The molecule has 0 radical (unpaired) electrons. The fourth-order valence-electron chi connectivity index (χ4n) is 3.35. The summed E-state index contributed by atoms with van der Waals surface area (Å²) in [5.74, 6) is -0.116. The molecule has 0 atom stereocenters. The quantitative estimate of drug-likeness (QED) is 0.606. The van der Waals surface area contributed by atoms with E-state index < -0.39 is 10.0 Å². The summed E-state index contributed by atoms with van der Waals surface area (Å²) in [6, 6.07) is 7.74.